The van der Waals surface area contributed by atoms with E-state index in [2.05, 4.69) is 31.5 Å². The summed E-state index contributed by atoms with van der Waals surface area (Å²) < 4.78 is 0.963. The molecular weight excluding hydrogens is 270 g/mol. The van der Waals surface area contributed by atoms with Crippen molar-refractivity contribution in [2.75, 3.05) is 11.9 Å². The smallest absolute Gasteiger partial charge is 0.239 e. The van der Waals surface area contributed by atoms with Gasteiger partial charge in [-0.05, 0) is 48.3 Å². The van der Waals surface area contributed by atoms with E-state index in [9.17, 15) is 4.79 Å². The molecule has 88 valence electrons. The lowest BCUT2D eigenvalue weighted by molar-refractivity contribution is -0.119. The van der Waals surface area contributed by atoms with Crippen molar-refractivity contribution in [2.45, 2.75) is 26.8 Å². The number of hydrogen-bond donors (Lipinski definition) is 2. The molecule has 1 aromatic heterocycles. The van der Waals surface area contributed by atoms with Crippen LogP contribution in [0.4, 0.5) is 5.82 Å². The van der Waals surface area contributed by atoms with Crippen molar-refractivity contribution < 1.29 is 4.79 Å². The number of pyridine rings is 1. The van der Waals surface area contributed by atoms with E-state index in [0.717, 1.165) is 10.0 Å². The minimum absolute atomic E-state index is 0.0302. The van der Waals surface area contributed by atoms with Crippen molar-refractivity contribution in [3.8, 4) is 0 Å². The van der Waals surface area contributed by atoms with Crippen LogP contribution in [0.3, 0.4) is 0 Å². The zero-order chi connectivity index (χ0) is 12.1. The first-order chi connectivity index (χ1) is 7.49. The molecule has 4 nitrogen and oxygen atoms in total. The number of halogens is 1. The summed E-state index contributed by atoms with van der Waals surface area (Å²) >= 11 is 3.37. The first-order valence-corrected chi connectivity index (χ1v) is 5.93. The first-order valence-electron chi connectivity index (χ1n) is 5.14. The van der Waals surface area contributed by atoms with Crippen LogP contribution in [-0.2, 0) is 4.79 Å². The Labute approximate surface area is 104 Å². The molecule has 0 aliphatic rings. The molecule has 0 aliphatic carbocycles. The van der Waals surface area contributed by atoms with Gasteiger partial charge in [-0.15, -0.1) is 0 Å². The van der Waals surface area contributed by atoms with Gasteiger partial charge >= 0.3 is 0 Å². The molecule has 16 heavy (non-hydrogen) atoms. The third kappa shape index (κ3) is 4.18. The maximum Gasteiger partial charge on any atom is 0.239 e. The van der Waals surface area contributed by atoms with Crippen molar-refractivity contribution >= 4 is 27.7 Å². The summed E-state index contributed by atoms with van der Waals surface area (Å²) in [6.45, 7) is 6.08. The highest BCUT2D eigenvalue weighted by atomic mass is 79.9. The van der Waals surface area contributed by atoms with Crippen molar-refractivity contribution in [3.63, 3.8) is 0 Å². The summed E-state index contributed by atoms with van der Waals surface area (Å²) in [5.41, 5.74) is 1.08. The standard InChI is InChI=1S/C11H16BrN3O/c1-7(2)15-11(16)6-14-10-4-8(3)9(12)5-13-10/h4-5,7H,6H2,1-3H3,(H,13,14)(H,15,16). The molecule has 0 saturated heterocycles. The number of carbonyl (C=O) groups excluding carboxylic acids is 1. The lowest BCUT2D eigenvalue weighted by Crippen LogP contribution is -2.34. The number of aryl methyl sites for hydroxylation is 1. The zero-order valence-electron chi connectivity index (χ0n) is 9.67. The van der Waals surface area contributed by atoms with E-state index in [1.54, 1.807) is 6.20 Å². The molecule has 2 N–H and O–H groups in total. The second-order valence-electron chi connectivity index (χ2n) is 3.89. The van der Waals surface area contributed by atoms with E-state index in [4.69, 9.17) is 0 Å². The van der Waals surface area contributed by atoms with E-state index in [0.29, 0.717) is 5.82 Å². The summed E-state index contributed by atoms with van der Waals surface area (Å²) in [6, 6.07) is 2.06. The Hall–Kier alpha value is -1.10. The summed E-state index contributed by atoms with van der Waals surface area (Å²) in [4.78, 5) is 15.5. The quantitative estimate of drug-likeness (QED) is 0.891. The lowest BCUT2D eigenvalue weighted by Gasteiger charge is -2.10. The minimum Gasteiger partial charge on any atom is -0.361 e. The third-order valence-electron chi connectivity index (χ3n) is 1.93. The molecular formula is C11H16BrN3O. The van der Waals surface area contributed by atoms with E-state index >= 15 is 0 Å². The van der Waals surface area contributed by atoms with Crippen LogP contribution < -0.4 is 10.6 Å². The Morgan fingerprint density at radius 1 is 1.56 bits per heavy atom. The maximum absolute atomic E-state index is 11.4. The van der Waals surface area contributed by atoms with Gasteiger partial charge in [0.2, 0.25) is 5.91 Å². The second-order valence-corrected chi connectivity index (χ2v) is 4.75. The average molecular weight is 286 g/mol. The predicted molar refractivity (Wildman–Crippen MR) is 68.4 cm³/mol. The largest absolute Gasteiger partial charge is 0.361 e. The van der Waals surface area contributed by atoms with Crippen LogP contribution in [0.2, 0.25) is 0 Å². The number of nitrogens with one attached hydrogen (secondary N) is 2. The van der Waals surface area contributed by atoms with E-state index in [1.807, 2.05) is 26.8 Å². The van der Waals surface area contributed by atoms with Gasteiger partial charge in [-0.3, -0.25) is 4.79 Å². The van der Waals surface area contributed by atoms with Crippen LogP contribution in [-0.4, -0.2) is 23.5 Å². The Kier molecular flexibility index (Phi) is 4.73. The molecule has 0 saturated carbocycles. The number of hydrogen-bond acceptors (Lipinski definition) is 3. The molecule has 1 rings (SSSR count). The number of aromatic nitrogens is 1. The van der Waals surface area contributed by atoms with Crippen LogP contribution in [0.25, 0.3) is 0 Å². The lowest BCUT2D eigenvalue weighted by atomic mass is 10.3. The highest BCUT2D eigenvalue weighted by Gasteiger charge is 2.04. The molecule has 0 radical (unpaired) electrons. The van der Waals surface area contributed by atoms with E-state index in [-0.39, 0.29) is 18.5 Å². The Morgan fingerprint density at radius 3 is 2.81 bits per heavy atom. The Bertz CT molecular complexity index is 379. The number of nitrogens with zero attached hydrogens (tertiary/aromatic N) is 1. The Morgan fingerprint density at radius 2 is 2.25 bits per heavy atom. The second kappa shape index (κ2) is 5.84. The number of carbonyl (C=O) groups is 1. The molecule has 0 bridgehead atoms. The van der Waals surface area contributed by atoms with Gasteiger partial charge in [0.05, 0.1) is 6.54 Å². The number of amides is 1. The SMILES string of the molecule is Cc1cc(NCC(=O)NC(C)C)ncc1Br. The number of anilines is 1. The van der Waals surface area contributed by atoms with Gasteiger partial charge in [0.15, 0.2) is 0 Å². The third-order valence-corrected chi connectivity index (χ3v) is 2.76. The fourth-order valence-electron chi connectivity index (χ4n) is 1.18. The fourth-order valence-corrected chi connectivity index (χ4v) is 1.40. The molecule has 5 heteroatoms. The van der Waals surface area contributed by atoms with E-state index < -0.39 is 0 Å². The van der Waals surface area contributed by atoms with Crippen molar-refractivity contribution in [2.24, 2.45) is 0 Å². The van der Waals surface area contributed by atoms with Gasteiger partial charge in [0.25, 0.3) is 0 Å². The summed E-state index contributed by atoms with van der Waals surface area (Å²) in [5.74, 6) is 0.678. The van der Waals surface area contributed by atoms with Gasteiger partial charge in [0.1, 0.15) is 5.82 Å². The molecule has 1 amide bonds. The molecule has 1 aromatic rings. The van der Waals surface area contributed by atoms with Crippen LogP contribution >= 0.6 is 15.9 Å². The zero-order valence-corrected chi connectivity index (χ0v) is 11.3. The summed E-state index contributed by atoms with van der Waals surface area (Å²) in [7, 11) is 0. The van der Waals surface area contributed by atoms with Crippen LogP contribution in [0, 0.1) is 6.92 Å². The van der Waals surface area contributed by atoms with Crippen molar-refractivity contribution in [3.05, 3.63) is 22.3 Å². The van der Waals surface area contributed by atoms with Crippen LogP contribution in [0.5, 0.6) is 0 Å². The van der Waals surface area contributed by atoms with Gasteiger partial charge in [0, 0.05) is 16.7 Å². The monoisotopic (exact) mass is 285 g/mol. The molecule has 0 atom stereocenters. The molecule has 0 fully saturated rings. The molecule has 0 spiro atoms. The highest BCUT2D eigenvalue weighted by Crippen LogP contribution is 2.16. The van der Waals surface area contributed by atoms with Gasteiger partial charge in [-0.1, -0.05) is 0 Å². The van der Waals surface area contributed by atoms with Crippen LogP contribution in [0.1, 0.15) is 19.4 Å². The minimum atomic E-state index is -0.0302. The summed E-state index contributed by atoms with van der Waals surface area (Å²) in [5, 5.41) is 5.77. The van der Waals surface area contributed by atoms with Crippen LogP contribution in [0.15, 0.2) is 16.7 Å². The Balaban J connectivity index is 2.48. The first kappa shape index (κ1) is 13.0. The number of rotatable bonds is 4. The highest BCUT2D eigenvalue weighted by molar-refractivity contribution is 9.10. The molecule has 0 aliphatic heterocycles. The van der Waals surface area contributed by atoms with Gasteiger partial charge in [-0.25, -0.2) is 4.98 Å². The van der Waals surface area contributed by atoms with Crippen molar-refractivity contribution in [1.82, 2.24) is 10.3 Å². The van der Waals surface area contributed by atoms with E-state index in [1.165, 1.54) is 0 Å². The van der Waals surface area contributed by atoms with Gasteiger partial charge in [-0.2, -0.15) is 0 Å². The normalized spacial score (nSPS) is 10.3. The topological polar surface area (TPSA) is 54.0 Å². The van der Waals surface area contributed by atoms with Crippen molar-refractivity contribution in [1.29, 1.82) is 0 Å². The molecule has 0 aromatic carbocycles. The molecule has 0 unspecified atom stereocenters. The van der Waals surface area contributed by atoms with Gasteiger partial charge < -0.3 is 10.6 Å². The predicted octanol–water partition coefficient (Wildman–Crippen LogP) is 2.09. The fraction of sp³-hybridized carbons (Fsp3) is 0.455. The maximum atomic E-state index is 11.4. The molecule has 1 heterocycles. The summed E-state index contributed by atoms with van der Waals surface area (Å²) in [6.07, 6.45) is 1.72. The average Bonchev–Trinajstić information content (AvgIpc) is 2.19.